The summed E-state index contributed by atoms with van der Waals surface area (Å²) in [6, 6.07) is 14.2. The minimum Gasteiger partial charge on any atom is -0.322 e. The Morgan fingerprint density at radius 1 is 0.963 bits per heavy atom. The van der Waals surface area contributed by atoms with Gasteiger partial charge >= 0.3 is 0 Å². The Balaban J connectivity index is 1.59. The molecule has 1 fully saturated rings. The van der Waals surface area contributed by atoms with Gasteiger partial charge < -0.3 is 5.32 Å². The second-order valence-corrected chi connectivity index (χ2v) is 6.99. The van der Waals surface area contributed by atoms with Crippen molar-refractivity contribution in [1.29, 1.82) is 0 Å². The molecule has 1 heterocycles. The molecule has 1 saturated heterocycles. The molecule has 0 aromatic heterocycles. The monoisotopic (exact) mass is 360 g/mol. The minimum atomic E-state index is -0.285. The quantitative estimate of drug-likeness (QED) is 0.670. The van der Waals surface area contributed by atoms with E-state index >= 15 is 0 Å². The first-order valence-corrected chi connectivity index (χ1v) is 9.06. The smallest absolute Gasteiger partial charge is 0.255 e. The molecule has 2 atom stereocenters. The van der Waals surface area contributed by atoms with E-state index in [9.17, 15) is 14.4 Å². The van der Waals surface area contributed by atoms with Crippen LogP contribution in [0.2, 0.25) is 0 Å². The van der Waals surface area contributed by atoms with Crippen molar-refractivity contribution in [2.45, 2.75) is 19.8 Å². The van der Waals surface area contributed by atoms with Crippen molar-refractivity contribution >= 4 is 29.1 Å². The Morgan fingerprint density at radius 2 is 1.63 bits per heavy atom. The van der Waals surface area contributed by atoms with Gasteiger partial charge in [0.2, 0.25) is 11.8 Å². The van der Waals surface area contributed by atoms with Crippen LogP contribution in [0.25, 0.3) is 0 Å². The third-order valence-electron chi connectivity index (χ3n) is 5.27. The summed E-state index contributed by atoms with van der Waals surface area (Å²) in [5, 5.41) is 2.88. The summed E-state index contributed by atoms with van der Waals surface area (Å²) < 4.78 is 0. The summed E-state index contributed by atoms with van der Waals surface area (Å²) >= 11 is 0. The number of fused-ring (bicyclic) bond motifs is 1. The molecule has 1 aliphatic heterocycles. The Kier molecular flexibility index (Phi) is 4.36. The number of aryl methyl sites for hydroxylation is 1. The third kappa shape index (κ3) is 3.05. The third-order valence-corrected chi connectivity index (χ3v) is 5.27. The minimum absolute atomic E-state index is 0.175. The van der Waals surface area contributed by atoms with Gasteiger partial charge in [-0.15, -0.1) is 0 Å². The van der Waals surface area contributed by atoms with E-state index in [1.54, 1.807) is 24.3 Å². The Hall–Kier alpha value is -3.21. The van der Waals surface area contributed by atoms with E-state index < -0.39 is 0 Å². The molecule has 0 radical (unpaired) electrons. The average molecular weight is 360 g/mol. The predicted molar refractivity (Wildman–Crippen MR) is 103 cm³/mol. The van der Waals surface area contributed by atoms with Crippen LogP contribution in [0.3, 0.4) is 0 Å². The van der Waals surface area contributed by atoms with Crippen LogP contribution in [0.1, 0.15) is 28.8 Å². The number of rotatable bonds is 3. The molecule has 0 saturated carbocycles. The molecule has 0 bridgehead atoms. The van der Waals surface area contributed by atoms with Crippen molar-refractivity contribution in [2.75, 3.05) is 10.2 Å². The molecule has 4 rings (SSSR count). The van der Waals surface area contributed by atoms with Crippen LogP contribution in [0.4, 0.5) is 11.4 Å². The van der Waals surface area contributed by atoms with Crippen LogP contribution in [0, 0.1) is 18.8 Å². The van der Waals surface area contributed by atoms with E-state index in [4.69, 9.17) is 0 Å². The topological polar surface area (TPSA) is 66.5 Å². The van der Waals surface area contributed by atoms with E-state index in [1.165, 1.54) is 4.90 Å². The second kappa shape index (κ2) is 6.83. The lowest BCUT2D eigenvalue weighted by atomic mass is 9.85. The Morgan fingerprint density at radius 3 is 2.30 bits per heavy atom. The van der Waals surface area contributed by atoms with Gasteiger partial charge in [-0.2, -0.15) is 0 Å². The number of nitrogens with zero attached hydrogens (tertiary/aromatic N) is 1. The lowest BCUT2D eigenvalue weighted by Crippen LogP contribution is -2.31. The molecular weight excluding hydrogens is 340 g/mol. The number of allylic oxidation sites excluding steroid dienone is 2. The maximum Gasteiger partial charge on any atom is 0.255 e. The summed E-state index contributed by atoms with van der Waals surface area (Å²) in [6.07, 6.45) is 5.11. The molecule has 3 amide bonds. The van der Waals surface area contributed by atoms with Gasteiger partial charge in [0.1, 0.15) is 0 Å². The highest BCUT2D eigenvalue weighted by Gasteiger charge is 2.47. The highest BCUT2D eigenvalue weighted by atomic mass is 16.2. The Labute approximate surface area is 157 Å². The molecule has 1 aliphatic carbocycles. The highest BCUT2D eigenvalue weighted by Crippen LogP contribution is 2.37. The van der Waals surface area contributed by atoms with Crippen molar-refractivity contribution in [2.24, 2.45) is 11.8 Å². The number of imide groups is 1. The average Bonchev–Trinajstić information content (AvgIpc) is 2.94. The number of nitrogens with one attached hydrogen (secondary N) is 1. The zero-order valence-electron chi connectivity index (χ0n) is 15.0. The van der Waals surface area contributed by atoms with Crippen LogP contribution in [0.5, 0.6) is 0 Å². The lowest BCUT2D eigenvalue weighted by Gasteiger charge is -2.16. The van der Waals surface area contributed by atoms with Crippen LogP contribution in [0.15, 0.2) is 60.7 Å². The molecular formula is C22H20N2O3. The van der Waals surface area contributed by atoms with Crippen LogP contribution < -0.4 is 10.2 Å². The first-order chi connectivity index (χ1) is 13.1. The van der Waals surface area contributed by atoms with E-state index in [0.29, 0.717) is 24.1 Å². The fraction of sp³-hybridized carbons (Fsp3) is 0.227. The first kappa shape index (κ1) is 17.2. The summed E-state index contributed by atoms with van der Waals surface area (Å²) in [5.41, 5.74) is 2.56. The van der Waals surface area contributed by atoms with Gasteiger partial charge in [0.25, 0.3) is 5.91 Å². The zero-order chi connectivity index (χ0) is 19.0. The Bertz CT molecular complexity index is 938. The number of benzene rings is 2. The number of carbonyl (C=O) groups is 3. The van der Waals surface area contributed by atoms with Gasteiger partial charge in [-0.25, -0.2) is 0 Å². The number of anilines is 2. The van der Waals surface area contributed by atoms with Crippen molar-refractivity contribution in [3.63, 3.8) is 0 Å². The van der Waals surface area contributed by atoms with Crippen LogP contribution in [-0.2, 0) is 9.59 Å². The van der Waals surface area contributed by atoms with Gasteiger partial charge in [-0.3, -0.25) is 19.3 Å². The van der Waals surface area contributed by atoms with E-state index in [2.05, 4.69) is 5.32 Å². The van der Waals surface area contributed by atoms with Gasteiger partial charge in [0.05, 0.1) is 17.5 Å². The highest BCUT2D eigenvalue weighted by molar-refractivity contribution is 6.22. The largest absolute Gasteiger partial charge is 0.322 e. The van der Waals surface area contributed by atoms with E-state index in [1.807, 2.05) is 43.3 Å². The molecule has 27 heavy (non-hydrogen) atoms. The first-order valence-electron chi connectivity index (χ1n) is 9.06. The zero-order valence-corrected chi connectivity index (χ0v) is 15.0. The van der Waals surface area contributed by atoms with Crippen molar-refractivity contribution in [3.05, 3.63) is 71.8 Å². The number of para-hydroxylation sites is 1. The fourth-order valence-electron chi connectivity index (χ4n) is 3.75. The SMILES string of the molecule is Cc1ccccc1NC(=O)c1cccc(N2C(=O)[C@H]3CC=CC[C@H]3C2=O)c1. The molecule has 2 aromatic carbocycles. The molecule has 1 N–H and O–H groups in total. The standard InChI is InChI=1S/C22H20N2O3/c1-14-7-2-5-12-19(14)23-20(25)15-8-6-9-16(13-15)24-21(26)17-10-3-4-11-18(17)22(24)27/h2-9,12-13,17-18H,10-11H2,1H3,(H,23,25)/t17-,18+. The fourth-order valence-corrected chi connectivity index (χ4v) is 3.75. The maximum atomic E-state index is 12.7. The van der Waals surface area contributed by atoms with Crippen LogP contribution in [-0.4, -0.2) is 17.7 Å². The summed E-state index contributed by atoms with van der Waals surface area (Å²) in [4.78, 5) is 39.4. The van der Waals surface area contributed by atoms with Crippen molar-refractivity contribution in [3.8, 4) is 0 Å². The number of hydrogen-bond acceptors (Lipinski definition) is 3. The number of amides is 3. The van der Waals surface area contributed by atoms with Gasteiger partial charge in [-0.05, 0) is 49.6 Å². The van der Waals surface area contributed by atoms with Gasteiger partial charge in [0, 0.05) is 11.3 Å². The van der Waals surface area contributed by atoms with Crippen LogP contribution >= 0.6 is 0 Å². The molecule has 2 aliphatic rings. The molecule has 0 spiro atoms. The molecule has 0 unspecified atom stereocenters. The molecule has 5 nitrogen and oxygen atoms in total. The normalized spacial score (nSPS) is 21.3. The van der Waals surface area contributed by atoms with Gasteiger partial charge in [-0.1, -0.05) is 36.4 Å². The molecule has 2 aromatic rings. The van der Waals surface area contributed by atoms with Crippen molar-refractivity contribution < 1.29 is 14.4 Å². The molecule has 5 heteroatoms. The van der Waals surface area contributed by atoms with Crippen molar-refractivity contribution in [1.82, 2.24) is 0 Å². The predicted octanol–water partition coefficient (Wildman–Crippen LogP) is 3.70. The molecule has 136 valence electrons. The van der Waals surface area contributed by atoms with Gasteiger partial charge in [0.15, 0.2) is 0 Å². The number of hydrogen-bond donors (Lipinski definition) is 1. The summed E-state index contributed by atoms with van der Waals surface area (Å²) in [6.45, 7) is 1.92. The summed E-state index contributed by atoms with van der Waals surface area (Å²) in [7, 11) is 0. The number of carbonyl (C=O) groups excluding carboxylic acids is 3. The maximum absolute atomic E-state index is 12.7. The lowest BCUT2D eigenvalue weighted by molar-refractivity contribution is -0.122. The summed E-state index contributed by atoms with van der Waals surface area (Å²) in [5.74, 6) is -1.19. The second-order valence-electron chi connectivity index (χ2n) is 6.99. The van der Waals surface area contributed by atoms with E-state index in [0.717, 1.165) is 11.3 Å². The van der Waals surface area contributed by atoms with E-state index in [-0.39, 0.29) is 29.6 Å².